The van der Waals surface area contributed by atoms with E-state index in [0.717, 1.165) is 24.3 Å². The summed E-state index contributed by atoms with van der Waals surface area (Å²) in [7, 11) is -4.24. The molecule has 2 aromatic rings. The van der Waals surface area contributed by atoms with Crippen molar-refractivity contribution in [3.8, 4) is 0 Å². The highest BCUT2D eigenvalue weighted by atomic mass is 32.2. The number of carbonyl (C=O) groups excluding carboxylic acids is 1. The van der Waals surface area contributed by atoms with E-state index < -0.39 is 50.4 Å². The van der Waals surface area contributed by atoms with E-state index in [0.29, 0.717) is 5.56 Å². The fourth-order valence-electron chi connectivity index (χ4n) is 2.22. The predicted molar refractivity (Wildman–Crippen MR) is 89.1 cm³/mol. The Kier molecular flexibility index (Phi) is 6.04. The topological polar surface area (TPSA) is 75.3 Å². The lowest BCUT2D eigenvalue weighted by atomic mass is 10.1. The number of carbonyl (C=O) groups is 1. The van der Waals surface area contributed by atoms with Gasteiger partial charge in [0, 0.05) is 0 Å². The summed E-state index contributed by atoms with van der Waals surface area (Å²) in [5, 5.41) is 2.48. The van der Waals surface area contributed by atoms with Crippen LogP contribution in [0, 0.1) is 17.5 Å². The van der Waals surface area contributed by atoms with Gasteiger partial charge in [0.2, 0.25) is 15.9 Å². The molecule has 0 radical (unpaired) electrons. The van der Waals surface area contributed by atoms with Gasteiger partial charge in [0.15, 0.2) is 11.6 Å². The molecule has 0 spiro atoms. The lowest BCUT2D eigenvalue weighted by Crippen LogP contribution is -2.45. The molecule has 9 heteroatoms. The Morgan fingerprint density at radius 3 is 2.23 bits per heavy atom. The molecule has 2 aromatic carbocycles. The first-order valence-corrected chi connectivity index (χ1v) is 9.12. The summed E-state index contributed by atoms with van der Waals surface area (Å²) in [4.78, 5) is 11.6. The fraction of sp³-hybridized carbons (Fsp3) is 0.235. The molecule has 1 amide bonds. The van der Waals surface area contributed by atoms with Crippen molar-refractivity contribution >= 4 is 15.9 Å². The smallest absolute Gasteiger partial charge is 0.244 e. The average Bonchev–Trinajstić information content (AvgIpc) is 2.57. The van der Waals surface area contributed by atoms with Gasteiger partial charge in [-0.2, -0.15) is 4.72 Å². The quantitative estimate of drug-likeness (QED) is 0.802. The number of hydrogen-bond donors (Lipinski definition) is 2. The molecule has 5 nitrogen and oxygen atoms in total. The molecule has 0 fully saturated rings. The summed E-state index contributed by atoms with van der Waals surface area (Å²) >= 11 is 0. The summed E-state index contributed by atoms with van der Waals surface area (Å²) in [5.41, 5.74) is 0.307. The maximum Gasteiger partial charge on any atom is 0.244 e. The van der Waals surface area contributed by atoms with E-state index in [1.807, 2.05) is 0 Å². The first-order valence-electron chi connectivity index (χ1n) is 7.64. The zero-order valence-electron chi connectivity index (χ0n) is 14.0. The molecule has 0 aliphatic rings. The standard InChI is InChI=1S/C17H17F3N2O3S/c1-10(12-7-8-13(18)15(20)9-12)21-17(23)11(2)22-26(24,25)16-6-4-3-5-14(16)19/h3-11,22H,1-2H3,(H,21,23). The summed E-state index contributed by atoms with van der Waals surface area (Å²) in [6, 6.07) is 6.02. The van der Waals surface area contributed by atoms with Crippen molar-refractivity contribution in [1.29, 1.82) is 0 Å². The summed E-state index contributed by atoms with van der Waals surface area (Å²) < 4.78 is 66.3. The third kappa shape index (κ3) is 4.61. The first kappa shape index (κ1) is 19.9. The van der Waals surface area contributed by atoms with E-state index in [1.54, 1.807) is 0 Å². The van der Waals surface area contributed by atoms with Gasteiger partial charge < -0.3 is 5.32 Å². The van der Waals surface area contributed by atoms with Crippen LogP contribution in [0.15, 0.2) is 47.4 Å². The highest BCUT2D eigenvalue weighted by molar-refractivity contribution is 7.89. The van der Waals surface area contributed by atoms with E-state index in [-0.39, 0.29) is 0 Å². The number of halogens is 3. The predicted octanol–water partition coefficient (Wildman–Crippen LogP) is 2.65. The molecule has 2 rings (SSSR count). The molecule has 0 bridgehead atoms. The lowest BCUT2D eigenvalue weighted by molar-refractivity contribution is -0.123. The molecule has 26 heavy (non-hydrogen) atoms. The number of nitrogens with one attached hydrogen (secondary N) is 2. The SMILES string of the molecule is CC(NS(=O)(=O)c1ccccc1F)C(=O)NC(C)c1ccc(F)c(F)c1. The molecule has 2 unspecified atom stereocenters. The third-order valence-corrected chi connectivity index (χ3v) is 5.23. The van der Waals surface area contributed by atoms with Crippen LogP contribution in [-0.4, -0.2) is 20.4 Å². The molecule has 0 saturated heterocycles. The molecule has 140 valence electrons. The van der Waals surface area contributed by atoms with E-state index in [1.165, 1.54) is 32.0 Å². The van der Waals surface area contributed by atoms with E-state index in [9.17, 15) is 26.4 Å². The lowest BCUT2D eigenvalue weighted by Gasteiger charge is -2.19. The Morgan fingerprint density at radius 2 is 1.62 bits per heavy atom. The van der Waals surface area contributed by atoms with Gasteiger partial charge in [-0.3, -0.25) is 4.79 Å². The maximum atomic E-state index is 13.7. The van der Waals surface area contributed by atoms with Crippen molar-refractivity contribution in [3.63, 3.8) is 0 Å². The second-order valence-corrected chi connectivity index (χ2v) is 7.36. The molecular formula is C17H17F3N2O3S. The van der Waals surface area contributed by atoms with Crippen molar-refractivity contribution in [2.45, 2.75) is 30.8 Å². The fourth-order valence-corrected chi connectivity index (χ4v) is 3.50. The van der Waals surface area contributed by atoms with Crippen molar-refractivity contribution in [2.24, 2.45) is 0 Å². The van der Waals surface area contributed by atoms with Crippen LogP contribution < -0.4 is 10.0 Å². The van der Waals surface area contributed by atoms with E-state index in [2.05, 4.69) is 10.0 Å². The Labute approximate surface area is 149 Å². The monoisotopic (exact) mass is 386 g/mol. The summed E-state index contributed by atoms with van der Waals surface area (Å²) in [6.45, 7) is 2.81. The van der Waals surface area contributed by atoms with Crippen LogP contribution in [0.2, 0.25) is 0 Å². The Hall–Kier alpha value is -2.39. The van der Waals surface area contributed by atoms with E-state index >= 15 is 0 Å². The van der Waals surface area contributed by atoms with Gasteiger partial charge in [-0.15, -0.1) is 0 Å². The van der Waals surface area contributed by atoms with Crippen molar-refractivity contribution in [3.05, 3.63) is 65.5 Å². The van der Waals surface area contributed by atoms with Crippen LogP contribution in [0.3, 0.4) is 0 Å². The van der Waals surface area contributed by atoms with Gasteiger partial charge in [-0.05, 0) is 43.7 Å². The van der Waals surface area contributed by atoms with Crippen LogP contribution >= 0.6 is 0 Å². The van der Waals surface area contributed by atoms with Gasteiger partial charge in [0.25, 0.3) is 0 Å². The number of amides is 1. The van der Waals surface area contributed by atoms with Crippen LogP contribution in [0.1, 0.15) is 25.5 Å². The first-order chi connectivity index (χ1) is 12.1. The Morgan fingerprint density at radius 1 is 0.962 bits per heavy atom. The molecule has 0 aliphatic heterocycles. The summed E-state index contributed by atoms with van der Waals surface area (Å²) in [6.07, 6.45) is 0. The van der Waals surface area contributed by atoms with Crippen molar-refractivity contribution in [2.75, 3.05) is 0 Å². The number of rotatable bonds is 6. The van der Waals surface area contributed by atoms with Gasteiger partial charge in [-0.25, -0.2) is 21.6 Å². The zero-order chi connectivity index (χ0) is 19.5. The molecule has 2 atom stereocenters. The Balaban J connectivity index is 2.07. The number of benzene rings is 2. The highest BCUT2D eigenvalue weighted by Gasteiger charge is 2.25. The second kappa shape index (κ2) is 7.88. The molecule has 2 N–H and O–H groups in total. The van der Waals surface area contributed by atoms with Crippen molar-refractivity contribution in [1.82, 2.24) is 10.0 Å². The second-order valence-electron chi connectivity index (χ2n) is 5.68. The average molecular weight is 386 g/mol. The normalized spacial score (nSPS) is 13.9. The number of sulfonamides is 1. The highest BCUT2D eigenvalue weighted by Crippen LogP contribution is 2.17. The van der Waals surface area contributed by atoms with Crippen molar-refractivity contribution < 1.29 is 26.4 Å². The van der Waals surface area contributed by atoms with Crippen LogP contribution in [-0.2, 0) is 14.8 Å². The van der Waals surface area contributed by atoms with Crippen LogP contribution in [0.5, 0.6) is 0 Å². The largest absolute Gasteiger partial charge is 0.348 e. The minimum absolute atomic E-state index is 0.307. The molecular weight excluding hydrogens is 369 g/mol. The molecule has 0 aliphatic carbocycles. The Bertz CT molecular complexity index is 919. The van der Waals surface area contributed by atoms with Crippen LogP contribution in [0.4, 0.5) is 13.2 Å². The van der Waals surface area contributed by atoms with Gasteiger partial charge in [-0.1, -0.05) is 18.2 Å². The maximum absolute atomic E-state index is 13.7. The molecule has 0 aromatic heterocycles. The molecule has 0 saturated carbocycles. The number of hydrogen-bond acceptors (Lipinski definition) is 3. The zero-order valence-corrected chi connectivity index (χ0v) is 14.8. The summed E-state index contributed by atoms with van der Waals surface area (Å²) in [5.74, 6) is -3.72. The van der Waals surface area contributed by atoms with Crippen LogP contribution in [0.25, 0.3) is 0 Å². The van der Waals surface area contributed by atoms with Gasteiger partial charge in [0.05, 0.1) is 12.1 Å². The molecule has 0 heterocycles. The van der Waals surface area contributed by atoms with E-state index in [4.69, 9.17) is 0 Å². The third-order valence-electron chi connectivity index (χ3n) is 3.65. The van der Waals surface area contributed by atoms with Gasteiger partial charge in [0.1, 0.15) is 10.7 Å². The minimum Gasteiger partial charge on any atom is -0.348 e. The van der Waals surface area contributed by atoms with Gasteiger partial charge >= 0.3 is 0 Å². The minimum atomic E-state index is -4.24.